The van der Waals surface area contributed by atoms with Gasteiger partial charge in [-0.15, -0.1) is 0 Å². The van der Waals surface area contributed by atoms with Gasteiger partial charge in [-0.3, -0.25) is 10.1 Å². The highest BCUT2D eigenvalue weighted by molar-refractivity contribution is 7.89. The van der Waals surface area contributed by atoms with Gasteiger partial charge < -0.3 is 10.1 Å². The molecule has 2 aromatic carbocycles. The van der Waals surface area contributed by atoms with Crippen LogP contribution in [0.1, 0.15) is 0 Å². The van der Waals surface area contributed by atoms with Gasteiger partial charge in [0.15, 0.2) is 0 Å². The lowest BCUT2D eigenvalue weighted by Gasteiger charge is -2.27. The third-order valence-corrected chi connectivity index (χ3v) is 6.69. The second-order valence-electron chi connectivity index (χ2n) is 5.70. The van der Waals surface area contributed by atoms with Crippen LogP contribution in [0.5, 0.6) is 11.5 Å². The molecule has 3 rings (SSSR count). The number of sulfonamides is 1. The quantitative estimate of drug-likeness (QED) is 0.575. The third-order valence-electron chi connectivity index (χ3n) is 3.97. The number of ether oxygens (including phenoxy) is 1. The van der Waals surface area contributed by atoms with Gasteiger partial charge in [0.1, 0.15) is 21.4 Å². The van der Waals surface area contributed by atoms with Crippen molar-refractivity contribution >= 4 is 38.9 Å². The van der Waals surface area contributed by atoms with Crippen LogP contribution in [0.4, 0.5) is 5.69 Å². The molecule has 0 spiro atoms. The largest absolute Gasteiger partial charge is 0.454 e. The molecule has 1 aliphatic rings. The highest BCUT2D eigenvalue weighted by Gasteiger charge is 2.31. The number of halogens is 2. The molecule has 0 aliphatic carbocycles. The Morgan fingerprint density at radius 3 is 2.48 bits per heavy atom. The number of benzene rings is 2. The molecule has 1 aliphatic heterocycles. The lowest BCUT2D eigenvalue weighted by molar-refractivity contribution is -0.385. The Labute approximate surface area is 165 Å². The summed E-state index contributed by atoms with van der Waals surface area (Å²) in [6.45, 7) is 1.49. The number of nitrogens with zero attached hydrogens (tertiary/aromatic N) is 2. The first-order chi connectivity index (χ1) is 12.8. The molecule has 144 valence electrons. The fourth-order valence-electron chi connectivity index (χ4n) is 2.60. The van der Waals surface area contributed by atoms with Crippen LogP contribution in [0.3, 0.4) is 0 Å². The van der Waals surface area contributed by atoms with E-state index < -0.39 is 14.9 Å². The predicted octanol–water partition coefficient (Wildman–Crippen LogP) is 3.29. The summed E-state index contributed by atoms with van der Waals surface area (Å²) in [6, 6.07) is 8.08. The van der Waals surface area contributed by atoms with Crippen LogP contribution in [0.15, 0.2) is 41.3 Å². The van der Waals surface area contributed by atoms with Crippen molar-refractivity contribution < 1.29 is 18.1 Å². The zero-order valence-electron chi connectivity index (χ0n) is 13.9. The van der Waals surface area contributed by atoms with Crippen LogP contribution in [-0.2, 0) is 10.0 Å². The van der Waals surface area contributed by atoms with Crippen molar-refractivity contribution in [2.75, 3.05) is 26.2 Å². The van der Waals surface area contributed by atoms with Gasteiger partial charge in [0.25, 0.3) is 5.69 Å². The molecule has 0 bridgehead atoms. The summed E-state index contributed by atoms with van der Waals surface area (Å²) < 4.78 is 33.1. The molecule has 0 atom stereocenters. The molecule has 11 heteroatoms. The van der Waals surface area contributed by atoms with Crippen molar-refractivity contribution in [3.05, 3.63) is 56.6 Å². The summed E-state index contributed by atoms with van der Waals surface area (Å²) in [6.07, 6.45) is 0. The number of non-ortho nitro benzene ring substituents is 1. The zero-order valence-corrected chi connectivity index (χ0v) is 16.2. The zero-order chi connectivity index (χ0) is 19.6. The minimum Gasteiger partial charge on any atom is -0.454 e. The van der Waals surface area contributed by atoms with Gasteiger partial charge >= 0.3 is 0 Å². The molecule has 0 amide bonds. The maximum absolute atomic E-state index is 13.1. The maximum atomic E-state index is 13.1. The van der Waals surface area contributed by atoms with Crippen LogP contribution < -0.4 is 10.1 Å². The van der Waals surface area contributed by atoms with Crippen molar-refractivity contribution in [3.8, 4) is 11.5 Å². The number of hydrogen-bond donors (Lipinski definition) is 1. The normalized spacial score (nSPS) is 15.5. The summed E-state index contributed by atoms with van der Waals surface area (Å²) in [7, 11) is -4.00. The summed E-state index contributed by atoms with van der Waals surface area (Å²) in [5, 5.41) is 14.5. The van der Waals surface area contributed by atoms with Crippen LogP contribution in [0.25, 0.3) is 0 Å². The minimum atomic E-state index is -4.00. The molecule has 1 saturated heterocycles. The summed E-state index contributed by atoms with van der Waals surface area (Å²) >= 11 is 12.1. The first kappa shape index (κ1) is 19.8. The molecule has 0 unspecified atom stereocenters. The lowest BCUT2D eigenvalue weighted by atomic mass is 10.3. The average molecular weight is 432 g/mol. The second kappa shape index (κ2) is 7.99. The molecule has 2 aromatic rings. The number of nitro groups is 1. The summed E-state index contributed by atoms with van der Waals surface area (Å²) in [5.74, 6) is 0.0816. The average Bonchev–Trinajstić information content (AvgIpc) is 2.66. The molecule has 1 heterocycles. The van der Waals surface area contributed by atoms with Crippen molar-refractivity contribution in [1.82, 2.24) is 9.62 Å². The van der Waals surface area contributed by atoms with E-state index in [9.17, 15) is 18.5 Å². The van der Waals surface area contributed by atoms with Gasteiger partial charge in [-0.05, 0) is 18.2 Å². The third kappa shape index (κ3) is 4.17. The molecule has 0 aromatic heterocycles. The molecular formula is C16H15Cl2N3O5S. The van der Waals surface area contributed by atoms with Crippen LogP contribution in [-0.4, -0.2) is 43.8 Å². The number of rotatable bonds is 5. The van der Waals surface area contributed by atoms with Gasteiger partial charge in [0.05, 0.1) is 9.95 Å². The summed E-state index contributed by atoms with van der Waals surface area (Å²) in [4.78, 5) is 10.2. The standard InChI is InChI=1S/C16H15Cl2N3O5S/c17-12-2-1-3-14(16(12)18)26-13-5-4-11(21(22)23)10-15(13)27(24,25)20-8-6-19-7-9-20/h1-5,10,19H,6-9H2. The van der Waals surface area contributed by atoms with Crippen LogP contribution in [0, 0.1) is 10.1 Å². The van der Waals surface area contributed by atoms with E-state index in [1.54, 1.807) is 12.1 Å². The highest BCUT2D eigenvalue weighted by atomic mass is 35.5. The topological polar surface area (TPSA) is 102 Å². The van der Waals surface area contributed by atoms with Gasteiger partial charge in [-0.25, -0.2) is 8.42 Å². The maximum Gasteiger partial charge on any atom is 0.271 e. The van der Waals surface area contributed by atoms with Gasteiger partial charge in [-0.1, -0.05) is 29.3 Å². The Hall–Kier alpha value is -1.91. The van der Waals surface area contributed by atoms with Gasteiger partial charge in [0, 0.05) is 38.3 Å². The molecule has 1 N–H and O–H groups in total. The van der Waals surface area contributed by atoms with E-state index in [1.807, 2.05) is 0 Å². The highest BCUT2D eigenvalue weighted by Crippen LogP contribution is 2.38. The number of nitrogens with one attached hydrogen (secondary N) is 1. The molecule has 0 radical (unpaired) electrons. The summed E-state index contributed by atoms with van der Waals surface area (Å²) in [5.41, 5.74) is -0.353. The number of hydrogen-bond acceptors (Lipinski definition) is 6. The van der Waals surface area contributed by atoms with Crippen molar-refractivity contribution in [2.24, 2.45) is 0 Å². The van der Waals surface area contributed by atoms with E-state index in [0.717, 1.165) is 6.07 Å². The first-order valence-electron chi connectivity index (χ1n) is 7.92. The fraction of sp³-hybridized carbons (Fsp3) is 0.250. The molecule has 1 fully saturated rings. The number of nitro benzene ring substituents is 1. The molecule has 0 saturated carbocycles. The minimum absolute atomic E-state index is 0.0664. The Bertz CT molecular complexity index is 978. The Morgan fingerprint density at radius 1 is 1.11 bits per heavy atom. The Kier molecular flexibility index (Phi) is 5.87. The molecule has 8 nitrogen and oxygen atoms in total. The van der Waals surface area contributed by atoms with Gasteiger partial charge in [-0.2, -0.15) is 4.31 Å². The van der Waals surface area contributed by atoms with Gasteiger partial charge in [0.2, 0.25) is 10.0 Å². The van der Waals surface area contributed by atoms with E-state index in [0.29, 0.717) is 13.1 Å². The van der Waals surface area contributed by atoms with E-state index in [2.05, 4.69) is 5.32 Å². The fourth-order valence-corrected chi connectivity index (χ4v) is 4.51. The molecule has 27 heavy (non-hydrogen) atoms. The monoisotopic (exact) mass is 431 g/mol. The SMILES string of the molecule is O=[N+]([O-])c1ccc(Oc2cccc(Cl)c2Cl)c(S(=O)(=O)N2CCNCC2)c1. The second-order valence-corrected chi connectivity index (χ2v) is 8.39. The van der Waals surface area contributed by atoms with Crippen molar-refractivity contribution in [2.45, 2.75) is 4.90 Å². The van der Waals surface area contributed by atoms with Crippen LogP contribution in [0.2, 0.25) is 10.0 Å². The van der Waals surface area contributed by atoms with Crippen molar-refractivity contribution in [3.63, 3.8) is 0 Å². The van der Waals surface area contributed by atoms with E-state index in [-0.39, 0.29) is 45.2 Å². The predicted molar refractivity (Wildman–Crippen MR) is 101 cm³/mol. The molecular weight excluding hydrogens is 417 g/mol. The van der Waals surface area contributed by atoms with E-state index in [1.165, 1.54) is 22.5 Å². The van der Waals surface area contributed by atoms with Crippen LogP contribution >= 0.6 is 23.2 Å². The Balaban J connectivity index is 2.08. The van der Waals surface area contributed by atoms with E-state index >= 15 is 0 Å². The van der Waals surface area contributed by atoms with E-state index in [4.69, 9.17) is 27.9 Å². The lowest BCUT2D eigenvalue weighted by Crippen LogP contribution is -2.46. The smallest absolute Gasteiger partial charge is 0.271 e. The van der Waals surface area contributed by atoms with Crippen molar-refractivity contribution in [1.29, 1.82) is 0 Å². The Morgan fingerprint density at radius 2 is 1.81 bits per heavy atom. The number of piperazine rings is 1. The first-order valence-corrected chi connectivity index (χ1v) is 10.1.